The Kier molecular flexibility index (Phi) is 5.91. The van der Waals surface area contributed by atoms with Crippen molar-refractivity contribution in [2.75, 3.05) is 6.67 Å². The summed E-state index contributed by atoms with van der Waals surface area (Å²) >= 11 is 0. The SMILES string of the molecule is CC1CC(O)(C(F)S(=O)(=O)c2ccccc2)C1.CC1CC(O)(CF)C1. The molecule has 1 aromatic carbocycles. The first kappa shape index (κ1) is 20.3. The zero-order valence-corrected chi connectivity index (χ0v) is 15.3. The van der Waals surface area contributed by atoms with Crippen LogP contribution in [0.2, 0.25) is 0 Å². The highest BCUT2D eigenvalue weighted by molar-refractivity contribution is 7.92. The summed E-state index contributed by atoms with van der Waals surface area (Å²) in [6, 6.07) is 7.41. The molecule has 142 valence electrons. The highest BCUT2D eigenvalue weighted by Crippen LogP contribution is 2.44. The maximum absolute atomic E-state index is 14.0. The van der Waals surface area contributed by atoms with E-state index in [9.17, 15) is 22.3 Å². The fourth-order valence-corrected chi connectivity index (χ4v) is 5.24. The molecule has 1 atom stereocenters. The molecule has 7 heteroatoms. The number of aliphatic hydroxyl groups is 2. The van der Waals surface area contributed by atoms with Crippen LogP contribution in [0, 0.1) is 11.8 Å². The summed E-state index contributed by atoms with van der Waals surface area (Å²) in [6.45, 7) is 3.30. The predicted octanol–water partition coefficient (Wildman–Crippen LogP) is 3.03. The number of hydrogen-bond donors (Lipinski definition) is 2. The van der Waals surface area contributed by atoms with E-state index in [1.165, 1.54) is 24.3 Å². The lowest BCUT2D eigenvalue weighted by molar-refractivity contribution is -0.0967. The lowest BCUT2D eigenvalue weighted by Crippen LogP contribution is -2.53. The second kappa shape index (κ2) is 7.29. The molecular formula is C18H26F2O4S. The van der Waals surface area contributed by atoms with E-state index < -0.39 is 33.2 Å². The minimum Gasteiger partial charge on any atom is -0.387 e. The van der Waals surface area contributed by atoms with E-state index in [0.717, 1.165) is 0 Å². The molecule has 25 heavy (non-hydrogen) atoms. The van der Waals surface area contributed by atoms with E-state index in [4.69, 9.17) is 5.11 Å². The topological polar surface area (TPSA) is 74.6 Å². The van der Waals surface area contributed by atoms with Gasteiger partial charge in [0.1, 0.15) is 12.3 Å². The standard InChI is InChI=1S/C12H15FO3S.C6H11FO/c1-9-7-12(14,8-9)11(13)17(15,16)10-5-3-2-4-6-10;1-5-2-6(8,3-5)4-7/h2-6,9,11,14H,7-8H2,1H3;5,8H,2-4H2,1H3. The van der Waals surface area contributed by atoms with Gasteiger partial charge in [-0.15, -0.1) is 0 Å². The van der Waals surface area contributed by atoms with Gasteiger partial charge in [0.25, 0.3) is 0 Å². The van der Waals surface area contributed by atoms with E-state index in [1.54, 1.807) is 6.07 Å². The number of rotatable bonds is 4. The van der Waals surface area contributed by atoms with E-state index >= 15 is 0 Å². The molecule has 0 amide bonds. The number of hydrogen-bond acceptors (Lipinski definition) is 4. The molecule has 0 aromatic heterocycles. The summed E-state index contributed by atoms with van der Waals surface area (Å²) < 4.78 is 49.7. The Bertz CT molecular complexity index is 666. The van der Waals surface area contributed by atoms with Crippen molar-refractivity contribution in [2.24, 2.45) is 11.8 Å². The van der Waals surface area contributed by atoms with Gasteiger partial charge in [-0.25, -0.2) is 17.2 Å². The van der Waals surface area contributed by atoms with Gasteiger partial charge in [-0.05, 0) is 49.7 Å². The van der Waals surface area contributed by atoms with Crippen LogP contribution in [0.15, 0.2) is 35.2 Å². The molecule has 2 aliphatic rings. The van der Waals surface area contributed by atoms with Crippen molar-refractivity contribution in [3.05, 3.63) is 30.3 Å². The van der Waals surface area contributed by atoms with Crippen LogP contribution >= 0.6 is 0 Å². The van der Waals surface area contributed by atoms with E-state index in [0.29, 0.717) is 18.8 Å². The van der Waals surface area contributed by atoms with Crippen molar-refractivity contribution in [1.82, 2.24) is 0 Å². The molecule has 1 aromatic rings. The number of halogens is 2. The third-order valence-corrected chi connectivity index (χ3v) is 6.79. The fourth-order valence-electron chi connectivity index (χ4n) is 3.70. The first-order valence-electron chi connectivity index (χ1n) is 8.46. The molecular weight excluding hydrogens is 350 g/mol. The van der Waals surface area contributed by atoms with Gasteiger partial charge in [-0.2, -0.15) is 0 Å². The van der Waals surface area contributed by atoms with Crippen LogP contribution in [0.1, 0.15) is 39.5 Å². The molecule has 0 saturated heterocycles. The highest BCUT2D eigenvalue weighted by atomic mass is 32.2. The van der Waals surface area contributed by atoms with Crippen LogP contribution in [0.5, 0.6) is 0 Å². The van der Waals surface area contributed by atoms with Crippen molar-refractivity contribution >= 4 is 9.84 Å². The van der Waals surface area contributed by atoms with Crippen molar-refractivity contribution in [1.29, 1.82) is 0 Å². The van der Waals surface area contributed by atoms with Gasteiger partial charge in [0.2, 0.25) is 15.3 Å². The average molecular weight is 376 g/mol. The van der Waals surface area contributed by atoms with Gasteiger partial charge in [0.05, 0.1) is 10.5 Å². The Morgan fingerprint density at radius 1 is 1.08 bits per heavy atom. The van der Waals surface area contributed by atoms with Crippen molar-refractivity contribution in [3.8, 4) is 0 Å². The van der Waals surface area contributed by atoms with Crippen LogP contribution in [0.25, 0.3) is 0 Å². The van der Waals surface area contributed by atoms with Crippen LogP contribution in [-0.2, 0) is 9.84 Å². The zero-order valence-electron chi connectivity index (χ0n) is 14.5. The molecule has 4 nitrogen and oxygen atoms in total. The maximum Gasteiger partial charge on any atom is 0.233 e. The lowest BCUT2D eigenvalue weighted by Gasteiger charge is -2.43. The second-order valence-corrected chi connectivity index (χ2v) is 9.64. The third kappa shape index (κ3) is 4.38. The smallest absolute Gasteiger partial charge is 0.233 e. The average Bonchev–Trinajstić information content (AvgIpc) is 2.53. The van der Waals surface area contributed by atoms with Gasteiger partial charge < -0.3 is 10.2 Å². The molecule has 3 rings (SSSR count). The quantitative estimate of drug-likeness (QED) is 0.847. The normalized spacial score (nSPS) is 35.6. The molecule has 0 heterocycles. The Balaban J connectivity index is 0.000000236. The predicted molar refractivity (Wildman–Crippen MR) is 91.2 cm³/mol. The van der Waals surface area contributed by atoms with E-state index in [-0.39, 0.29) is 23.7 Å². The first-order valence-corrected chi connectivity index (χ1v) is 10.0. The molecule has 1 unspecified atom stereocenters. The molecule has 0 radical (unpaired) electrons. The molecule has 2 fully saturated rings. The molecule has 0 spiro atoms. The van der Waals surface area contributed by atoms with E-state index in [1.807, 2.05) is 13.8 Å². The highest BCUT2D eigenvalue weighted by Gasteiger charge is 2.53. The third-order valence-electron chi connectivity index (χ3n) is 4.88. The zero-order chi connectivity index (χ0) is 18.9. The van der Waals surface area contributed by atoms with Crippen LogP contribution in [-0.4, -0.2) is 42.0 Å². The first-order chi connectivity index (χ1) is 11.5. The Morgan fingerprint density at radius 3 is 1.92 bits per heavy atom. The number of benzene rings is 1. The van der Waals surface area contributed by atoms with Crippen LogP contribution in [0.3, 0.4) is 0 Å². The molecule has 2 aliphatic carbocycles. The molecule has 0 bridgehead atoms. The van der Waals surface area contributed by atoms with Gasteiger partial charge in [0.15, 0.2) is 0 Å². The maximum atomic E-state index is 14.0. The Morgan fingerprint density at radius 2 is 1.56 bits per heavy atom. The van der Waals surface area contributed by atoms with E-state index in [2.05, 4.69) is 0 Å². The van der Waals surface area contributed by atoms with Crippen molar-refractivity contribution < 1.29 is 27.4 Å². The minimum atomic E-state index is -4.10. The summed E-state index contributed by atoms with van der Waals surface area (Å²) in [5.41, 5.74) is -4.89. The molecule has 2 saturated carbocycles. The van der Waals surface area contributed by atoms with Gasteiger partial charge >= 0.3 is 0 Å². The summed E-state index contributed by atoms with van der Waals surface area (Å²) in [4.78, 5) is -0.0829. The lowest BCUT2D eigenvalue weighted by atomic mass is 9.73. The fraction of sp³-hybridized carbons (Fsp3) is 0.667. The van der Waals surface area contributed by atoms with Gasteiger partial charge in [-0.1, -0.05) is 32.0 Å². The van der Waals surface area contributed by atoms with Crippen molar-refractivity contribution in [3.63, 3.8) is 0 Å². The van der Waals surface area contributed by atoms with Gasteiger partial charge in [0, 0.05) is 0 Å². The molecule has 0 aliphatic heterocycles. The Hall–Kier alpha value is -1.05. The summed E-state index contributed by atoms with van der Waals surface area (Å²) in [6.07, 6.45) is 1.67. The monoisotopic (exact) mass is 376 g/mol. The minimum absolute atomic E-state index is 0.0829. The Labute approximate surface area is 147 Å². The van der Waals surface area contributed by atoms with Crippen molar-refractivity contribution in [2.45, 2.75) is 61.1 Å². The summed E-state index contributed by atoms with van der Waals surface area (Å²) in [7, 11) is -4.10. The molecule has 2 N–H and O–H groups in total. The largest absolute Gasteiger partial charge is 0.387 e. The number of sulfone groups is 1. The summed E-state index contributed by atoms with van der Waals surface area (Å²) in [5.74, 6) is 0.694. The van der Waals surface area contributed by atoms with Gasteiger partial charge in [-0.3, -0.25) is 0 Å². The van der Waals surface area contributed by atoms with Crippen LogP contribution < -0.4 is 0 Å². The summed E-state index contributed by atoms with van der Waals surface area (Å²) in [5, 5.41) is 18.9. The second-order valence-electron chi connectivity index (χ2n) is 7.66. The number of alkyl halides is 2. The van der Waals surface area contributed by atoms with Crippen LogP contribution in [0.4, 0.5) is 8.78 Å².